The molecule has 23 heavy (non-hydrogen) atoms. The third kappa shape index (κ3) is 12.8. The van der Waals surface area contributed by atoms with Crippen molar-refractivity contribution in [3.63, 3.8) is 0 Å². The summed E-state index contributed by atoms with van der Waals surface area (Å²) in [5.74, 6) is 6.59. The average Bonchev–Trinajstić information content (AvgIpc) is 2.56. The zero-order valence-corrected chi connectivity index (χ0v) is 14.6. The van der Waals surface area contributed by atoms with E-state index in [0.29, 0.717) is 0 Å². The van der Waals surface area contributed by atoms with Crippen LogP contribution in [0.2, 0.25) is 0 Å². The van der Waals surface area contributed by atoms with Gasteiger partial charge in [-0.15, -0.1) is 11.8 Å². The van der Waals surface area contributed by atoms with Gasteiger partial charge in [-0.3, -0.25) is 4.98 Å². The van der Waals surface area contributed by atoms with E-state index in [-0.39, 0.29) is 0 Å². The first-order valence-corrected chi connectivity index (χ1v) is 9.04. The molecule has 3 nitrogen and oxygen atoms in total. The van der Waals surface area contributed by atoms with E-state index < -0.39 is 0 Å². The van der Waals surface area contributed by atoms with E-state index in [1.54, 1.807) is 7.05 Å². The molecule has 1 heterocycles. The van der Waals surface area contributed by atoms with Gasteiger partial charge in [-0.1, -0.05) is 31.7 Å². The zero-order valence-electron chi connectivity index (χ0n) is 14.6. The van der Waals surface area contributed by atoms with Crippen molar-refractivity contribution >= 4 is 0 Å². The molecule has 0 saturated carbocycles. The molecule has 1 rings (SSSR count). The minimum Gasteiger partial charge on any atom is -0.314 e. The van der Waals surface area contributed by atoms with Gasteiger partial charge in [-0.05, 0) is 44.2 Å². The largest absolute Gasteiger partial charge is 0.314 e. The molecule has 0 bridgehead atoms. The molecule has 0 spiro atoms. The summed E-state index contributed by atoms with van der Waals surface area (Å²) in [6, 6.07) is 6.10. The monoisotopic (exact) mass is 316 g/mol. The molecule has 0 fully saturated rings. The molecule has 1 aromatic heterocycles. The Hall–Kier alpha value is -1.37. The third-order valence-electron chi connectivity index (χ3n) is 3.87. The van der Waals surface area contributed by atoms with Gasteiger partial charge in [0.1, 0.15) is 0 Å². The molecule has 0 aliphatic carbocycles. The Bertz CT molecular complexity index is 434. The molecule has 0 saturated heterocycles. The average molecular weight is 316 g/mol. The fourth-order valence-corrected chi connectivity index (χ4v) is 2.50. The Kier molecular flexibility index (Phi) is 12.2. The molecular formula is C20H32N2O. The zero-order chi connectivity index (χ0) is 16.6. The highest BCUT2D eigenvalue weighted by atomic mass is 16.5. The second kappa shape index (κ2) is 14.2. The number of rotatable bonds is 12. The van der Waals surface area contributed by atoms with Crippen molar-refractivity contribution in [2.45, 2.75) is 70.6 Å². The van der Waals surface area contributed by atoms with Gasteiger partial charge in [0.25, 0.3) is 0 Å². The summed E-state index contributed by atoms with van der Waals surface area (Å²) in [4.78, 5) is 4.33. The Morgan fingerprint density at radius 3 is 2.22 bits per heavy atom. The van der Waals surface area contributed by atoms with Crippen molar-refractivity contribution < 1.29 is 5.21 Å². The fourth-order valence-electron chi connectivity index (χ4n) is 2.50. The van der Waals surface area contributed by atoms with Crippen molar-refractivity contribution in [3.8, 4) is 11.8 Å². The summed E-state index contributed by atoms with van der Waals surface area (Å²) < 4.78 is 0. The quantitative estimate of drug-likeness (QED) is 0.340. The molecule has 128 valence electrons. The third-order valence-corrected chi connectivity index (χ3v) is 3.87. The van der Waals surface area contributed by atoms with Crippen molar-refractivity contribution in [1.82, 2.24) is 10.0 Å². The van der Waals surface area contributed by atoms with Crippen LogP contribution in [-0.2, 0) is 6.42 Å². The van der Waals surface area contributed by atoms with Gasteiger partial charge in [-0.2, -0.15) is 5.06 Å². The van der Waals surface area contributed by atoms with E-state index in [1.807, 2.05) is 18.3 Å². The summed E-state index contributed by atoms with van der Waals surface area (Å²) in [7, 11) is 1.71. The standard InChI is InChI=1S/C20H32N2O/c1-22(23)19-15-11-9-7-5-3-2-4-6-8-10-12-16-20-17-13-14-18-21-20/h13-14,17-18,23H,2-3,5,7-12,15-16,19H2,1H3. The summed E-state index contributed by atoms with van der Waals surface area (Å²) in [5.41, 5.74) is 1.19. The highest BCUT2D eigenvalue weighted by Gasteiger charge is 1.94. The van der Waals surface area contributed by atoms with Gasteiger partial charge in [0, 0.05) is 38.3 Å². The number of hydrogen-bond acceptors (Lipinski definition) is 3. The highest BCUT2D eigenvalue weighted by molar-refractivity contribution is 5.03. The smallest absolute Gasteiger partial charge is 0.0403 e. The van der Waals surface area contributed by atoms with Crippen LogP contribution in [-0.4, -0.2) is 28.8 Å². The first kappa shape index (κ1) is 19.7. The van der Waals surface area contributed by atoms with Gasteiger partial charge >= 0.3 is 0 Å². The molecule has 0 amide bonds. The van der Waals surface area contributed by atoms with Crippen LogP contribution in [0.15, 0.2) is 24.4 Å². The lowest BCUT2D eigenvalue weighted by Gasteiger charge is -2.06. The fraction of sp³-hybridized carbons (Fsp3) is 0.650. The van der Waals surface area contributed by atoms with E-state index in [1.165, 1.54) is 55.7 Å². The van der Waals surface area contributed by atoms with Gasteiger partial charge in [0.05, 0.1) is 0 Å². The number of unbranched alkanes of at least 4 members (excludes halogenated alkanes) is 8. The van der Waals surface area contributed by atoms with Crippen molar-refractivity contribution in [2.24, 2.45) is 0 Å². The van der Waals surface area contributed by atoms with Crippen LogP contribution in [0.3, 0.4) is 0 Å². The maximum Gasteiger partial charge on any atom is 0.0403 e. The summed E-state index contributed by atoms with van der Waals surface area (Å²) >= 11 is 0. The number of aromatic nitrogens is 1. The molecule has 1 aromatic rings. The van der Waals surface area contributed by atoms with Crippen LogP contribution in [0.5, 0.6) is 0 Å². The van der Waals surface area contributed by atoms with E-state index >= 15 is 0 Å². The van der Waals surface area contributed by atoms with Crippen LogP contribution in [0.25, 0.3) is 0 Å². The van der Waals surface area contributed by atoms with Gasteiger partial charge in [0.2, 0.25) is 0 Å². The van der Waals surface area contributed by atoms with Crippen LogP contribution in [0.4, 0.5) is 0 Å². The van der Waals surface area contributed by atoms with Crippen LogP contribution >= 0.6 is 0 Å². The van der Waals surface area contributed by atoms with Crippen LogP contribution < -0.4 is 0 Å². The lowest BCUT2D eigenvalue weighted by atomic mass is 10.1. The predicted octanol–water partition coefficient (Wildman–Crippen LogP) is 4.85. The number of pyridine rings is 1. The normalized spacial score (nSPS) is 10.6. The molecule has 0 aromatic carbocycles. The summed E-state index contributed by atoms with van der Waals surface area (Å²) in [6.07, 6.45) is 14.7. The van der Waals surface area contributed by atoms with Gasteiger partial charge < -0.3 is 5.21 Å². The molecule has 3 heteroatoms. The van der Waals surface area contributed by atoms with E-state index in [0.717, 1.165) is 32.2 Å². The molecule has 0 radical (unpaired) electrons. The number of nitrogens with zero attached hydrogens (tertiary/aromatic N) is 2. The maximum absolute atomic E-state index is 9.00. The molecular weight excluding hydrogens is 284 g/mol. The minimum absolute atomic E-state index is 0.784. The SMILES string of the molecule is CN(O)CCCCCCCCC#CCCCCc1ccccn1. The number of hydrogen-bond donors (Lipinski definition) is 1. The molecule has 0 atom stereocenters. The van der Waals surface area contributed by atoms with Crippen LogP contribution in [0, 0.1) is 11.8 Å². The van der Waals surface area contributed by atoms with E-state index in [4.69, 9.17) is 5.21 Å². The van der Waals surface area contributed by atoms with E-state index in [9.17, 15) is 0 Å². The van der Waals surface area contributed by atoms with Gasteiger partial charge in [0.15, 0.2) is 0 Å². The first-order valence-electron chi connectivity index (χ1n) is 9.04. The summed E-state index contributed by atoms with van der Waals surface area (Å²) in [5, 5.41) is 10.3. The number of hydroxylamine groups is 2. The molecule has 1 N–H and O–H groups in total. The maximum atomic E-state index is 9.00. The minimum atomic E-state index is 0.784. The Morgan fingerprint density at radius 1 is 0.913 bits per heavy atom. The topological polar surface area (TPSA) is 36.4 Å². The molecule has 0 unspecified atom stereocenters. The Balaban J connectivity index is 1.83. The summed E-state index contributed by atoms with van der Waals surface area (Å²) in [6.45, 7) is 0.784. The number of aryl methyl sites for hydroxylation is 1. The van der Waals surface area contributed by atoms with Crippen molar-refractivity contribution in [3.05, 3.63) is 30.1 Å². The lowest BCUT2D eigenvalue weighted by Crippen LogP contribution is -2.13. The van der Waals surface area contributed by atoms with Crippen molar-refractivity contribution in [1.29, 1.82) is 0 Å². The van der Waals surface area contributed by atoms with E-state index in [2.05, 4.69) is 22.9 Å². The van der Waals surface area contributed by atoms with Crippen molar-refractivity contribution in [2.75, 3.05) is 13.6 Å². The lowest BCUT2D eigenvalue weighted by molar-refractivity contribution is -0.0655. The second-order valence-electron chi connectivity index (χ2n) is 6.13. The predicted molar refractivity (Wildman–Crippen MR) is 96.3 cm³/mol. The highest BCUT2D eigenvalue weighted by Crippen LogP contribution is 2.07. The first-order chi connectivity index (χ1) is 11.3. The molecule has 0 aliphatic heterocycles. The van der Waals surface area contributed by atoms with Crippen LogP contribution in [0.1, 0.15) is 69.9 Å². The van der Waals surface area contributed by atoms with Gasteiger partial charge in [-0.25, -0.2) is 0 Å². The Labute approximate surface area is 142 Å². The second-order valence-corrected chi connectivity index (χ2v) is 6.13. The molecule has 0 aliphatic rings. The Morgan fingerprint density at radius 2 is 1.57 bits per heavy atom.